The average Bonchev–Trinajstić information content (AvgIpc) is 2.73. The molecule has 0 aliphatic rings. The molecule has 2 aromatic rings. The Kier molecular flexibility index (Phi) is 3.46. The zero-order chi connectivity index (χ0) is 13.1. The van der Waals surface area contributed by atoms with Crippen LogP contribution in [0.5, 0.6) is 0 Å². The summed E-state index contributed by atoms with van der Waals surface area (Å²) in [7, 11) is 0. The number of aromatic nitrogens is 1. The molecule has 0 aliphatic carbocycles. The van der Waals surface area contributed by atoms with Crippen molar-refractivity contribution in [3.63, 3.8) is 0 Å². The largest absolute Gasteiger partial charge is 0.476 e. The monoisotopic (exact) mass is 245 g/mol. The minimum Gasteiger partial charge on any atom is -0.476 e. The van der Waals surface area contributed by atoms with E-state index in [0.29, 0.717) is 11.7 Å². The number of hydrogen-bond donors (Lipinski definition) is 1. The van der Waals surface area contributed by atoms with Gasteiger partial charge in [0.1, 0.15) is 5.76 Å². The Morgan fingerprint density at radius 1 is 1.33 bits per heavy atom. The molecular weight excluding hydrogens is 230 g/mol. The summed E-state index contributed by atoms with van der Waals surface area (Å²) in [6, 6.07) is 7.83. The number of aromatic carboxylic acids is 1. The molecule has 0 unspecified atom stereocenters. The third kappa shape index (κ3) is 2.42. The number of hydrogen-bond acceptors (Lipinski definition) is 3. The topological polar surface area (TPSA) is 63.3 Å². The molecule has 4 nitrogen and oxygen atoms in total. The predicted octanol–water partition coefficient (Wildman–Crippen LogP) is 3.30. The molecule has 0 fully saturated rings. The van der Waals surface area contributed by atoms with Crippen LogP contribution in [0.25, 0.3) is 11.5 Å². The molecule has 94 valence electrons. The van der Waals surface area contributed by atoms with Gasteiger partial charge in [-0.05, 0) is 31.0 Å². The molecule has 0 bridgehead atoms. The van der Waals surface area contributed by atoms with Gasteiger partial charge in [-0.1, -0.05) is 25.5 Å². The molecule has 0 amide bonds. The second kappa shape index (κ2) is 5.04. The first-order chi connectivity index (χ1) is 8.61. The SMILES string of the molecule is CCCc1ccc(-c2nc(C(=O)O)c(C)o2)cc1. The van der Waals surface area contributed by atoms with Crippen molar-refractivity contribution in [2.45, 2.75) is 26.7 Å². The van der Waals surface area contributed by atoms with Gasteiger partial charge < -0.3 is 9.52 Å². The number of oxazole rings is 1. The van der Waals surface area contributed by atoms with E-state index >= 15 is 0 Å². The van der Waals surface area contributed by atoms with E-state index in [1.807, 2.05) is 24.3 Å². The molecule has 1 N–H and O–H groups in total. The molecule has 18 heavy (non-hydrogen) atoms. The summed E-state index contributed by atoms with van der Waals surface area (Å²) in [5.41, 5.74) is 2.02. The lowest BCUT2D eigenvalue weighted by atomic mass is 10.1. The van der Waals surface area contributed by atoms with Crippen LogP contribution < -0.4 is 0 Å². The van der Waals surface area contributed by atoms with E-state index in [0.717, 1.165) is 18.4 Å². The molecule has 2 rings (SSSR count). The zero-order valence-corrected chi connectivity index (χ0v) is 10.4. The normalized spacial score (nSPS) is 10.6. The third-order valence-electron chi connectivity index (χ3n) is 2.74. The standard InChI is InChI=1S/C14H15NO3/c1-3-4-10-5-7-11(8-6-10)13-15-12(14(16)17)9(2)18-13/h5-8H,3-4H2,1-2H3,(H,16,17). The van der Waals surface area contributed by atoms with Crippen LogP contribution in [0.3, 0.4) is 0 Å². The Morgan fingerprint density at radius 3 is 2.50 bits per heavy atom. The lowest BCUT2D eigenvalue weighted by molar-refractivity contribution is 0.0689. The lowest BCUT2D eigenvalue weighted by Crippen LogP contribution is -1.98. The lowest BCUT2D eigenvalue weighted by Gasteiger charge is -1.99. The first-order valence-corrected chi connectivity index (χ1v) is 5.92. The molecule has 4 heteroatoms. The summed E-state index contributed by atoms with van der Waals surface area (Å²) in [5.74, 6) is -0.381. The van der Waals surface area contributed by atoms with Gasteiger partial charge in [-0.2, -0.15) is 0 Å². The van der Waals surface area contributed by atoms with Crippen LogP contribution in [0, 0.1) is 6.92 Å². The fourth-order valence-corrected chi connectivity index (χ4v) is 1.82. The summed E-state index contributed by atoms with van der Waals surface area (Å²) in [4.78, 5) is 14.9. The van der Waals surface area contributed by atoms with Crippen molar-refractivity contribution < 1.29 is 14.3 Å². The molecule has 1 heterocycles. The molecule has 0 aliphatic heterocycles. The van der Waals surface area contributed by atoms with Crippen LogP contribution in [0.2, 0.25) is 0 Å². The molecule has 0 saturated heterocycles. The van der Waals surface area contributed by atoms with Gasteiger partial charge in [0, 0.05) is 5.56 Å². The van der Waals surface area contributed by atoms with Gasteiger partial charge in [0.15, 0.2) is 5.69 Å². The van der Waals surface area contributed by atoms with Crippen LogP contribution in [0.15, 0.2) is 28.7 Å². The highest BCUT2D eigenvalue weighted by Gasteiger charge is 2.16. The Balaban J connectivity index is 2.31. The number of carboxylic acids is 1. The van der Waals surface area contributed by atoms with E-state index in [2.05, 4.69) is 11.9 Å². The van der Waals surface area contributed by atoms with Crippen molar-refractivity contribution >= 4 is 5.97 Å². The first-order valence-electron chi connectivity index (χ1n) is 5.92. The summed E-state index contributed by atoms with van der Waals surface area (Å²) >= 11 is 0. The molecule has 0 radical (unpaired) electrons. The van der Waals surface area contributed by atoms with Crippen LogP contribution in [0.1, 0.15) is 35.2 Å². The minimum absolute atomic E-state index is 0.0253. The predicted molar refractivity (Wildman–Crippen MR) is 67.6 cm³/mol. The Morgan fingerprint density at radius 2 is 2.00 bits per heavy atom. The fraction of sp³-hybridized carbons (Fsp3) is 0.286. The van der Waals surface area contributed by atoms with Crippen molar-refractivity contribution in [2.75, 3.05) is 0 Å². The van der Waals surface area contributed by atoms with Crippen LogP contribution in [-0.2, 0) is 6.42 Å². The van der Waals surface area contributed by atoms with Gasteiger partial charge in [0.25, 0.3) is 0 Å². The molecule has 1 aromatic heterocycles. The van der Waals surface area contributed by atoms with Crippen molar-refractivity contribution in [3.05, 3.63) is 41.3 Å². The van der Waals surface area contributed by atoms with Gasteiger partial charge >= 0.3 is 5.97 Å². The molecule has 0 spiro atoms. The number of nitrogens with zero attached hydrogens (tertiary/aromatic N) is 1. The smallest absolute Gasteiger partial charge is 0.358 e. The summed E-state index contributed by atoms with van der Waals surface area (Å²) in [6.07, 6.45) is 2.13. The molecule has 0 saturated carbocycles. The van der Waals surface area contributed by atoms with Crippen LogP contribution in [0.4, 0.5) is 0 Å². The quantitative estimate of drug-likeness (QED) is 0.897. The van der Waals surface area contributed by atoms with Crippen molar-refractivity contribution in [3.8, 4) is 11.5 Å². The second-order valence-corrected chi connectivity index (χ2v) is 4.18. The summed E-state index contributed by atoms with van der Waals surface area (Å²) < 4.78 is 5.37. The maximum atomic E-state index is 10.9. The average molecular weight is 245 g/mol. The van der Waals surface area contributed by atoms with Gasteiger partial charge in [0.05, 0.1) is 0 Å². The van der Waals surface area contributed by atoms with E-state index in [-0.39, 0.29) is 5.69 Å². The maximum absolute atomic E-state index is 10.9. The van der Waals surface area contributed by atoms with Gasteiger partial charge in [-0.25, -0.2) is 9.78 Å². The Labute approximate surface area is 105 Å². The highest BCUT2D eigenvalue weighted by atomic mass is 16.4. The van der Waals surface area contributed by atoms with E-state index in [9.17, 15) is 4.79 Å². The molecule has 1 aromatic carbocycles. The number of carbonyl (C=O) groups is 1. The van der Waals surface area contributed by atoms with Gasteiger partial charge in [-0.15, -0.1) is 0 Å². The minimum atomic E-state index is -1.06. The van der Waals surface area contributed by atoms with Crippen molar-refractivity contribution in [2.24, 2.45) is 0 Å². The van der Waals surface area contributed by atoms with Gasteiger partial charge in [-0.3, -0.25) is 0 Å². The van der Waals surface area contributed by atoms with Crippen LogP contribution >= 0.6 is 0 Å². The fourth-order valence-electron chi connectivity index (χ4n) is 1.82. The molecular formula is C14H15NO3. The summed E-state index contributed by atoms with van der Waals surface area (Å²) in [5, 5.41) is 8.92. The highest BCUT2D eigenvalue weighted by molar-refractivity contribution is 5.87. The Hall–Kier alpha value is -2.10. The van der Waals surface area contributed by atoms with E-state index in [4.69, 9.17) is 9.52 Å². The third-order valence-corrected chi connectivity index (χ3v) is 2.74. The highest BCUT2D eigenvalue weighted by Crippen LogP contribution is 2.22. The number of carboxylic acid groups (broad SMARTS) is 1. The second-order valence-electron chi connectivity index (χ2n) is 4.18. The van der Waals surface area contributed by atoms with Crippen LogP contribution in [-0.4, -0.2) is 16.1 Å². The van der Waals surface area contributed by atoms with Gasteiger partial charge in [0.2, 0.25) is 5.89 Å². The van der Waals surface area contributed by atoms with Crippen molar-refractivity contribution in [1.82, 2.24) is 4.98 Å². The summed E-state index contributed by atoms with van der Waals surface area (Å²) in [6.45, 7) is 3.73. The number of benzene rings is 1. The van der Waals surface area contributed by atoms with E-state index < -0.39 is 5.97 Å². The zero-order valence-electron chi connectivity index (χ0n) is 10.4. The van der Waals surface area contributed by atoms with E-state index in [1.54, 1.807) is 6.92 Å². The van der Waals surface area contributed by atoms with E-state index in [1.165, 1.54) is 5.56 Å². The number of rotatable bonds is 4. The molecule has 0 atom stereocenters. The number of aryl methyl sites for hydroxylation is 2. The maximum Gasteiger partial charge on any atom is 0.358 e. The first kappa shape index (κ1) is 12.4. The Bertz CT molecular complexity index is 555. The van der Waals surface area contributed by atoms with Crippen molar-refractivity contribution in [1.29, 1.82) is 0 Å².